The third-order valence-corrected chi connectivity index (χ3v) is 1.90. The normalized spacial score (nSPS) is 13.0. The molecule has 1 aromatic rings. The van der Waals surface area contributed by atoms with Gasteiger partial charge in [0.05, 0.1) is 6.10 Å². The summed E-state index contributed by atoms with van der Waals surface area (Å²) in [5, 5.41) is 9.67. The molecule has 0 aliphatic rings. The summed E-state index contributed by atoms with van der Waals surface area (Å²) in [6.45, 7) is 1.49. The van der Waals surface area contributed by atoms with Crippen molar-refractivity contribution in [2.24, 2.45) is 0 Å². The van der Waals surface area contributed by atoms with Crippen LogP contribution < -0.4 is 0 Å². The summed E-state index contributed by atoms with van der Waals surface area (Å²) >= 11 is 0. The Hall–Kier alpha value is -1.41. The number of aliphatic hydroxyl groups excluding tert-OH is 1. The molecule has 1 aromatic carbocycles. The minimum Gasteiger partial charge on any atom is -0.388 e. The molecule has 0 aromatic heterocycles. The predicted octanol–water partition coefficient (Wildman–Crippen LogP) is 2.26. The van der Waals surface area contributed by atoms with Gasteiger partial charge in [0, 0.05) is 0 Å². The minimum absolute atomic E-state index is 0.00487. The smallest absolute Gasteiger partial charge is 0.152 e. The second-order valence-corrected chi connectivity index (χ2v) is 3.18. The van der Waals surface area contributed by atoms with Crippen molar-refractivity contribution in [1.82, 2.24) is 0 Å². The standard InChI is InChI=1S/C12H14O2/c1-10(13)6-5-9-12(14)11-7-3-2-4-8-11/h2-8,12,14H,9H2,1H3/b6-5+/t12-/m1/s1. The van der Waals surface area contributed by atoms with E-state index in [9.17, 15) is 9.90 Å². The number of hydrogen-bond acceptors (Lipinski definition) is 2. The highest BCUT2D eigenvalue weighted by Crippen LogP contribution is 2.15. The molecule has 0 saturated heterocycles. The first-order valence-electron chi connectivity index (χ1n) is 4.60. The molecule has 74 valence electrons. The van der Waals surface area contributed by atoms with Crippen molar-refractivity contribution in [1.29, 1.82) is 0 Å². The fraction of sp³-hybridized carbons (Fsp3) is 0.250. The van der Waals surface area contributed by atoms with Gasteiger partial charge >= 0.3 is 0 Å². The topological polar surface area (TPSA) is 37.3 Å². The first-order chi connectivity index (χ1) is 6.70. The Kier molecular flexibility index (Phi) is 4.08. The zero-order valence-electron chi connectivity index (χ0n) is 8.18. The Morgan fingerprint density at radius 2 is 2.07 bits per heavy atom. The molecule has 0 aliphatic carbocycles. The molecule has 0 saturated carbocycles. The first kappa shape index (κ1) is 10.7. The van der Waals surface area contributed by atoms with Crippen LogP contribution in [0.25, 0.3) is 0 Å². The predicted molar refractivity (Wildman–Crippen MR) is 55.8 cm³/mol. The molecule has 1 atom stereocenters. The van der Waals surface area contributed by atoms with Crippen molar-refractivity contribution in [2.75, 3.05) is 0 Å². The van der Waals surface area contributed by atoms with Crippen LogP contribution in [0.1, 0.15) is 25.0 Å². The summed E-state index contributed by atoms with van der Waals surface area (Å²) in [5.74, 6) is 0.00487. The van der Waals surface area contributed by atoms with Crippen LogP contribution in [0.5, 0.6) is 0 Å². The number of aliphatic hydroxyl groups is 1. The summed E-state index contributed by atoms with van der Waals surface area (Å²) in [5.41, 5.74) is 0.876. The number of hydrogen-bond donors (Lipinski definition) is 1. The van der Waals surface area contributed by atoms with Crippen molar-refractivity contribution in [2.45, 2.75) is 19.4 Å². The Bertz CT molecular complexity index is 314. The molecule has 0 bridgehead atoms. The van der Waals surface area contributed by atoms with E-state index in [0.717, 1.165) is 5.56 Å². The maximum atomic E-state index is 10.6. The van der Waals surface area contributed by atoms with Crippen LogP contribution in [0.2, 0.25) is 0 Å². The van der Waals surface area contributed by atoms with Gasteiger partial charge in [-0.25, -0.2) is 0 Å². The summed E-state index contributed by atoms with van der Waals surface area (Å²) in [6, 6.07) is 9.40. The van der Waals surface area contributed by atoms with Gasteiger partial charge in [-0.2, -0.15) is 0 Å². The van der Waals surface area contributed by atoms with Gasteiger partial charge in [0.1, 0.15) is 0 Å². The summed E-state index contributed by atoms with van der Waals surface area (Å²) in [4.78, 5) is 10.6. The molecule has 0 spiro atoms. The van der Waals surface area contributed by atoms with Gasteiger partial charge in [0.2, 0.25) is 0 Å². The lowest BCUT2D eigenvalue weighted by atomic mass is 10.1. The third kappa shape index (κ3) is 3.54. The number of carbonyl (C=O) groups is 1. The van der Waals surface area contributed by atoms with E-state index < -0.39 is 6.10 Å². The highest BCUT2D eigenvalue weighted by Gasteiger charge is 2.03. The number of rotatable bonds is 4. The number of carbonyl (C=O) groups excluding carboxylic acids is 1. The van der Waals surface area contributed by atoms with Gasteiger partial charge < -0.3 is 5.11 Å². The second kappa shape index (κ2) is 5.35. The van der Waals surface area contributed by atoms with Crippen LogP contribution >= 0.6 is 0 Å². The SMILES string of the molecule is CC(=O)/C=C/C[C@@H](O)c1ccccc1. The summed E-state index contributed by atoms with van der Waals surface area (Å²) in [6.07, 6.45) is 3.13. The number of ketones is 1. The monoisotopic (exact) mass is 190 g/mol. The molecule has 1 rings (SSSR count). The van der Waals surface area contributed by atoms with Crippen LogP contribution in [0.15, 0.2) is 42.5 Å². The fourth-order valence-electron chi connectivity index (χ4n) is 1.17. The number of allylic oxidation sites excluding steroid dienone is 1. The van der Waals surface area contributed by atoms with Gasteiger partial charge in [0.25, 0.3) is 0 Å². The minimum atomic E-state index is -0.521. The van der Waals surface area contributed by atoms with Crippen molar-refractivity contribution >= 4 is 5.78 Å². The molecular weight excluding hydrogens is 176 g/mol. The lowest BCUT2D eigenvalue weighted by molar-refractivity contribution is -0.112. The third-order valence-electron chi connectivity index (χ3n) is 1.90. The van der Waals surface area contributed by atoms with E-state index in [1.165, 1.54) is 13.0 Å². The molecule has 0 aliphatic heterocycles. The van der Waals surface area contributed by atoms with E-state index in [0.29, 0.717) is 6.42 Å². The van der Waals surface area contributed by atoms with Gasteiger partial charge in [-0.3, -0.25) is 4.79 Å². The maximum Gasteiger partial charge on any atom is 0.152 e. The molecule has 0 radical (unpaired) electrons. The van der Waals surface area contributed by atoms with Crippen LogP contribution in [-0.2, 0) is 4.79 Å². The summed E-state index contributed by atoms with van der Waals surface area (Å²) in [7, 11) is 0. The van der Waals surface area contributed by atoms with Crippen molar-refractivity contribution < 1.29 is 9.90 Å². The molecular formula is C12H14O2. The lowest BCUT2D eigenvalue weighted by Crippen LogP contribution is -1.95. The maximum absolute atomic E-state index is 10.6. The number of benzene rings is 1. The summed E-state index contributed by atoms with van der Waals surface area (Å²) < 4.78 is 0. The van der Waals surface area contributed by atoms with E-state index in [4.69, 9.17) is 0 Å². The van der Waals surface area contributed by atoms with Gasteiger partial charge in [0.15, 0.2) is 5.78 Å². The Balaban J connectivity index is 2.51. The Labute approximate surface area is 83.9 Å². The van der Waals surface area contributed by atoms with Gasteiger partial charge in [-0.05, 0) is 25.0 Å². The van der Waals surface area contributed by atoms with E-state index in [2.05, 4.69) is 0 Å². The highest BCUT2D eigenvalue weighted by molar-refractivity contribution is 5.87. The molecule has 2 heteroatoms. The van der Waals surface area contributed by atoms with Crippen LogP contribution in [0.3, 0.4) is 0 Å². The average Bonchev–Trinajstić information content (AvgIpc) is 2.18. The zero-order valence-corrected chi connectivity index (χ0v) is 8.18. The van der Waals surface area contributed by atoms with Crippen molar-refractivity contribution in [3.05, 3.63) is 48.0 Å². The molecule has 14 heavy (non-hydrogen) atoms. The van der Waals surface area contributed by atoms with Crippen LogP contribution in [0, 0.1) is 0 Å². The van der Waals surface area contributed by atoms with Crippen LogP contribution in [0.4, 0.5) is 0 Å². The van der Waals surface area contributed by atoms with Gasteiger partial charge in [-0.1, -0.05) is 36.4 Å². The quantitative estimate of drug-likeness (QED) is 0.739. The Morgan fingerprint density at radius 1 is 1.43 bits per heavy atom. The first-order valence-corrected chi connectivity index (χ1v) is 4.60. The largest absolute Gasteiger partial charge is 0.388 e. The van der Waals surface area contributed by atoms with E-state index in [1.807, 2.05) is 30.3 Å². The molecule has 2 nitrogen and oxygen atoms in total. The van der Waals surface area contributed by atoms with Crippen molar-refractivity contribution in [3.63, 3.8) is 0 Å². The van der Waals surface area contributed by atoms with Gasteiger partial charge in [-0.15, -0.1) is 0 Å². The molecule has 0 fully saturated rings. The van der Waals surface area contributed by atoms with E-state index in [1.54, 1.807) is 6.08 Å². The molecule has 0 heterocycles. The lowest BCUT2D eigenvalue weighted by Gasteiger charge is -2.06. The van der Waals surface area contributed by atoms with E-state index >= 15 is 0 Å². The molecule has 1 N–H and O–H groups in total. The fourth-order valence-corrected chi connectivity index (χ4v) is 1.17. The molecule has 0 amide bonds. The zero-order chi connectivity index (χ0) is 10.4. The highest BCUT2D eigenvalue weighted by atomic mass is 16.3. The van der Waals surface area contributed by atoms with Crippen molar-refractivity contribution in [3.8, 4) is 0 Å². The average molecular weight is 190 g/mol. The Morgan fingerprint density at radius 3 is 2.64 bits per heavy atom. The second-order valence-electron chi connectivity index (χ2n) is 3.18. The molecule has 0 unspecified atom stereocenters. The van der Waals surface area contributed by atoms with E-state index in [-0.39, 0.29) is 5.78 Å². The van der Waals surface area contributed by atoms with Crippen LogP contribution in [-0.4, -0.2) is 10.9 Å².